The molecule has 0 N–H and O–H groups in total. The third kappa shape index (κ3) is 3.99. The van der Waals surface area contributed by atoms with E-state index in [1.54, 1.807) is 0 Å². The summed E-state index contributed by atoms with van der Waals surface area (Å²) in [7, 11) is 1.43. The number of hydrogen-bond donors (Lipinski definition) is 0. The van der Waals surface area contributed by atoms with E-state index in [2.05, 4.69) is 15.9 Å². The van der Waals surface area contributed by atoms with Crippen molar-refractivity contribution in [1.82, 2.24) is 9.80 Å². The highest BCUT2D eigenvalue weighted by atomic mass is 16.5. The molecule has 96 valence electrons. The fourth-order valence-electron chi connectivity index (χ4n) is 2.11. The molecule has 0 aliphatic carbocycles. The Hall–Kier alpha value is -1.12. The van der Waals surface area contributed by atoms with Crippen LogP contribution < -0.4 is 0 Å². The Morgan fingerprint density at radius 3 is 2.29 bits per heavy atom. The minimum atomic E-state index is -0.466. The smallest absolute Gasteiger partial charge is 0.312 e. The number of carbonyl (C=O) groups excluding carboxylic acids is 1. The molecule has 1 aliphatic rings. The van der Waals surface area contributed by atoms with Gasteiger partial charge in [-0.1, -0.05) is 0 Å². The topological polar surface area (TPSA) is 56.6 Å². The van der Waals surface area contributed by atoms with Crippen molar-refractivity contribution in [2.24, 2.45) is 5.41 Å². The highest BCUT2D eigenvalue weighted by molar-refractivity contribution is 5.76. The average Bonchev–Trinajstić information content (AvgIpc) is 2.30. The number of carbonyl (C=O) groups is 1. The SMILES string of the molecule is COC(=O)C(C)(C)CN1CCN(CC#N)CC1. The number of esters is 1. The Bertz CT molecular complexity index is 301. The van der Waals surface area contributed by atoms with Crippen molar-refractivity contribution in [2.75, 3.05) is 46.4 Å². The Morgan fingerprint density at radius 2 is 1.82 bits per heavy atom. The minimum Gasteiger partial charge on any atom is -0.469 e. The first-order chi connectivity index (χ1) is 7.99. The van der Waals surface area contributed by atoms with E-state index < -0.39 is 5.41 Å². The third-order valence-electron chi connectivity index (χ3n) is 3.12. The first kappa shape index (κ1) is 13.9. The van der Waals surface area contributed by atoms with Crippen LogP contribution in [0, 0.1) is 16.7 Å². The number of hydrogen-bond acceptors (Lipinski definition) is 5. The Balaban J connectivity index is 2.40. The summed E-state index contributed by atoms with van der Waals surface area (Å²) in [5.41, 5.74) is -0.466. The number of nitrogens with zero attached hydrogens (tertiary/aromatic N) is 3. The molecule has 0 bridgehead atoms. The van der Waals surface area contributed by atoms with Crippen LogP contribution in [0.15, 0.2) is 0 Å². The molecule has 1 aliphatic heterocycles. The van der Waals surface area contributed by atoms with E-state index in [4.69, 9.17) is 10.00 Å². The maximum atomic E-state index is 11.6. The standard InChI is InChI=1S/C12H21N3O2/c1-12(2,11(16)17-3)10-15-8-6-14(5-4-13)7-9-15/h5-10H2,1-3H3. The van der Waals surface area contributed by atoms with Crippen LogP contribution in [0.3, 0.4) is 0 Å². The van der Waals surface area contributed by atoms with Crippen molar-refractivity contribution in [1.29, 1.82) is 5.26 Å². The number of nitriles is 1. The second-order valence-corrected chi connectivity index (χ2v) is 5.09. The summed E-state index contributed by atoms with van der Waals surface area (Å²) in [6.07, 6.45) is 0. The predicted molar refractivity (Wildman–Crippen MR) is 64.3 cm³/mol. The Morgan fingerprint density at radius 1 is 1.29 bits per heavy atom. The zero-order chi connectivity index (χ0) is 12.9. The van der Waals surface area contributed by atoms with Crippen LogP contribution in [0.25, 0.3) is 0 Å². The molecule has 1 fully saturated rings. The second kappa shape index (κ2) is 5.99. The van der Waals surface area contributed by atoms with Gasteiger partial charge in [0.15, 0.2) is 0 Å². The minimum absolute atomic E-state index is 0.169. The number of rotatable bonds is 4. The van der Waals surface area contributed by atoms with Crippen LogP contribution in [0.5, 0.6) is 0 Å². The first-order valence-electron chi connectivity index (χ1n) is 5.89. The molecule has 1 rings (SSSR count). The molecule has 0 unspecified atom stereocenters. The van der Waals surface area contributed by atoms with E-state index in [1.165, 1.54) is 7.11 Å². The van der Waals surface area contributed by atoms with Gasteiger partial charge in [-0.25, -0.2) is 0 Å². The summed E-state index contributed by atoms with van der Waals surface area (Å²) >= 11 is 0. The molecule has 0 radical (unpaired) electrons. The molecule has 0 atom stereocenters. The number of ether oxygens (including phenoxy) is 1. The van der Waals surface area contributed by atoms with E-state index >= 15 is 0 Å². The van der Waals surface area contributed by atoms with Crippen LogP contribution in [0.4, 0.5) is 0 Å². The third-order valence-corrected chi connectivity index (χ3v) is 3.12. The van der Waals surface area contributed by atoms with Crippen LogP contribution in [0.1, 0.15) is 13.8 Å². The highest BCUT2D eigenvalue weighted by Crippen LogP contribution is 2.19. The summed E-state index contributed by atoms with van der Waals surface area (Å²) in [4.78, 5) is 16.0. The number of methoxy groups -OCH3 is 1. The highest BCUT2D eigenvalue weighted by Gasteiger charge is 2.32. The number of piperazine rings is 1. The molecule has 0 spiro atoms. The summed E-state index contributed by atoms with van der Waals surface area (Å²) < 4.78 is 4.80. The molecule has 5 heteroatoms. The lowest BCUT2D eigenvalue weighted by Crippen LogP contribution is -2.50. The molecular weight excluding hydrogens is 218 g/mol. The van der Waals surface area contributed by atoms with Gasteiger partial charge in [-0.2, -0.15) is 5.26 Å². The van der Waals surface area contributed by atoms with Gasteiger partial charge in [0.1, 0.15) is 0 Å². The summed E-state index contributed by atoms with van der Waals surface area (Å²) in [5.74, 6) is -0.169. The van der Waals surface area contributed by atoms with E-state index in [0.717, 1.165) is 26.2 Å². The molecule has 5 nitrogen and oxygen atoms in total. The van der Waals surface area contributed by atoms with Crippen molar-refractivity contribution in [2.45, 2.75) is 13.8 Å². The first-order valence-corrected chi connectivity index (χ1v) is 5.89. The van der Waals surface area contributed by atoms with E-state index in [0.29, 0.717) is 13.1 Å². The van der Waals surface area contributed by atoms with Gasteiger partial charge in [0.25, 0.3) is 0 Å². The molecule has 0 aromatic heterocycles. The summed E-state index contributed by atoms with van der Waals surface area (Å²) in [5, 5.41) is 8.61. The molecule has 1 heterocycles. The molecular formula is C12H21N3O2. The molecule has 0 aromatic rings. The summed E-state index contributed by atoms with van der Waals surface area (Å²) in [6, 6.07) is 2.16. The molecule has 0 aromatic carbocycles. The lowest BCUT2D eigenvalue weighted by atomic mass is 9.92. The van der Waals surface area contributed by atoms with E-state index in [-0.39, 0.29) is 5.97 Å². The van der Waals surface area contributed by atoms with E-state index in [9.17, 15) is 4.79 Å². The monoisotopic (exact) mass is 239 g/mol. The van der Waals surface area contributed by atoms with Gasteiger partial charge in [0.05, 0.1) is 25.1 Å². The van der Waals surface area contributed by atoms with Crippen LogP contribution in [0.2, 0.25) is 0 Å². The second-order valence-electron chi connectivity index (χ2n) is 5.09. The van der Waals surface area contributed by atoms with Gasteiger partial charge in [0, 0.05) is 32.7 Å². The quantitative estimate of drug-likeness (QED) is 0.522. The lowest BCUT2D eigenvalue weighted by molar-refractivity contribution is -0.152. The maximum absolute atomic E-state index is 11.6. The average molecular weight is 239 g/mol. The van der Waals surface area contributed by atoms with Gasteiger partial charge in [-0.3, -0.25) is 14.6 Å². The van der Waals surface area contributed by atoms with Crippen LogP contribution >= 0.6 is 0 Å². The molecule has 17 heavy (non-hydrogen) atoms. The van der Waals surface area contributed by atoms with Gasteiger partial charge < -0.3 is 4.74 Å². The molecule has 1 saturated heterocycles. The zero-order valence-corrected chi connectivity index (χ0v) is 10.9. The Labute approximate surface area is 103 Å². The van der Waals surface area contributed by atoms with Gasteiger partial charge >= 0.3 is 5.97 Å². The van der Waals surface area contributed by atoms with Crippen molar-refractivity contribution in [3.63, 3.8) is 0 Å². The normalized spacial score (nSPS) is 18.7. The van der Waals surface area contributed by atoms with Gasteiger partial charge in [-0.15, -0.1) is 0 Å². The fourth-order valence-corrected chi connectivity index (χ4v) is 2.11. The van der Waals surface area contributed by atoms with Crippen LogP contribution in [-0.4, -0.2) is 62.1 Å². The maximum Gasteiger partial charge on any atom is 0.312 e. The van der Waals surface area contributed by atoms with Crippen molar-refractivity contribution in [3.05, 3.63) is 0 Å². The van der Waals surface area contributed by atoms with Crippen LogP contribution in [-0.2, 0) is 9.53 Å². The van der Waals surface area contributed by atoms with E-state index in [1.807, 2.05) is 13.8 Å². The lowest BCUT2D eigenvalue weighted by Gasteiger charge is -2.37. The zero-order valence-electron chi connectivity index (χ0n) is 10.9. The molecule has 0 saturated carbocycles. The van der Waals surface area contributed by atoms with Gasteiger partial charge in [-0.05, 0) is 13.8 Å². The Kier molecular flexibility index (Phi) is 4.91. The van der Waals surface area contributed by atoms with Crippen molar-refractivity contribution < 1.29 is 9.53 Å². The predicted octanol–water partition coefficient (Wildman–Crippen LogP) is 0.327. The molecule has 0 amide bonds. The summed E-state index contributed by atoms with van der Waals surface area (Å²) in [6.45, 7) is 8.61. The van der Waals surface area contributed by atoms with Crippen molar-refractivity contribution >= 4 is 5.97 Å². The van der Waals surface area contributed by atoms with Gasteiger partial charge in [0.2, 0.25) is 0 Å². The fraction of sp³-hybridized carbons (Fsp3) is 0.833. The van der Waals surface area contributed by atoms with Crippen molar-refractivity contribution in [3.8, 4) is 6.07 Å². The largest absolute Gasteiger partial charge is 0.469 e.